The van der Waals surface area contributed by atoms with Crippen LogP contribution < -0.4 is 5.32 Å². The van der Waals surface area contributed by atoms with E-state index in [-0.39, 0.29) is 11.7 Å². The van der Waals surface area contributed by atoms with Crippen molar-refractivity contribution in [3.8, 4) is 11.5 Å². The normalized spacial score (nSPS) is 12.2. The van der Waals surface area contributed by atoms with E-state index in [1.165, 1.54) is 5.56 Å². The van der Waals surface area contributed by atoms with Crippen LogP contribution in [-0.2, 0) is 0 Å². The standard InChI is InChI=1S/C22H19BrN2O3/c1-3-13(2)14-7-8-18-17(12-14)25-22(28-18)15-5-4-6-16(11-15)24-21(26)19-9-10-20(23)27-19/h4-13H,3H2,1-2H3,(H,24,26)/t13-/m0/s1. The smallest absolute Gasteiger partial charge is 0.291 e. The molecule has 28 heavy (non-hydrogen) atoms. The Balaban J connectivity index is 1.61. The number of aromatic nitrogens is 1. The Morgan fingerprint density at radius 1 is 1.14 bits per heavy atom. The van der Waals surface area contributed by atoms with Gasteiger partial charge in [-0.1, -0.05) is 26.0 Å². The molecular formula is C22H19BrN2O3. The zero-order chi connectivity index (χ0) is 19.7. The Labute approximate surface area is 170 Å². The second kappa shape index (κ2) is 7.64. The maximum absolute atomic E-state index is 12.3. The summed E-state index contributed by atoms with van der Waals surface area (Å²) in [5, 5.41) is 2.82. The van der Waals surface area contributed by atoms with E-state index in [2.05, 4.69) is 52.2 Å². The Hall–Kier alpha value is -2.86. The van der Waals surface area contributed by atoms with Gasteiger partial charge in [-0.25, -0.2) is 4.98 Å². The number of carbonyl (C=O) groups excluding carboxylic acids is 1. The number of fused-ring (bicyclic) bond motifs is 1. The molecule has 0 spiro atoms. The zero-order valence-corrected chi connectivity index (χ0v) is 17.1. The Morgan fingerprint density at radius 2 is 2.00 bits per heavy atom. The van der Waals surface area contributed by atoms with Gasteiger partial charge in [0.15, 0.2) is 16.0 Å². The van der Waals surface area contributed by atoms with Crippen molar-refractivity contribution >= 4 is 38.6 Å². The number of benzene rings is 2. The first-order valence-corrected chi connectivity index (χ1v) is 9.90. The van der Waals surface area contributed by atoms with Crippen LogP contribution in [-0.4, -0.2) is 10.9 Å². The van der Waals surface area contributed by atoms with Crippen LogP contribution in [0.5, 0.6) is 0 Å². The molecule has 0 fully saturated rings. The monoisotopic (exact) mass is 438 g/mol. The zero-order valence-electron chi connectivity index (χ0n) is 15.5. The van der Waals surface area contributed by atoms with E-state index in [4.69, 9.17) is 8.83 Å². The molecule has 0 aliphatic rings. The van der Waals surface area contributed by atoms with Crippen molar-refractivity contribution in [3.63, 3.8) is 0 Å². The molecule has 1 atom stereocenters. The van der Waals surface area contributed by atoms with Crippen molar-refractivity contribution in [2.45, 2.75) is 26.2 Å². The lowest BCUT2D eigenvalue weighted by Gasteiger charge is -2.07. The highest BCUT2D eigenvalue weighted by Gasteiger charge is 2.14. The van der Waals surface area contributed by atoms with Gasteiger partial charge in [-0.3, -0.25) is 4.79 Å². The Bertz CT molecular complexity index is 1150. The van der Waals surface area contributed by atoms with Gasteiger partial charge in [-0.2, -0.15) is 0 Å². The number of hydrogen-bond donors (Lipinski definition) is 1. The number of hydrogen-bond acceptors (Lipinski definition) is 4. The molecule has 142 valence electrons. The lowest BCUT2D eigenvalue weighted by molar-refractivity contribution is 0.0995. The first kappa shape index (κ1) is 18.5. The third kappa shape index (κ3) is 3.73. The Morgan fingerprint density at radius 3 is 2.75 bits per heavy atom. The van der Waals surface area contributed by atoms with Crippen LogP contribution in [0.3, 0.4) is 0 Å². The number of nitrogens with one attached hydrogen (secondary N) is 1. The fourth-order valence-electron chi connectivity index (χ4n) is 2.97. The molecule has 0 bridgehead atoms. The van der Waals surface area contributed by atoms with Crippen molar-refractivity contribution in [1.82, 2.24) is 4.98 Å². The number of furan rings is 1. The van der Waals surface area contributed by atoms with E-state index in [1.807, 2.05) is 30.3 Å². The van der Waals surface area contributed by atoms with Crippen LogP contribution in [0, 0.1) is 0 Å². The molecule has 0 unspecified atom stereocenters. The maximum Gasteiger partial charge on any atom is 0.291 e. The lowest BCUT2D eigenvalue weighted by atomic mass is 9.98. The summed E-state index contributed by atoms with van der Waals surface area (Å²) in [6.45, 7) is 4.37. The Kier molecular flexibility index (Phi) is 5.05. The van der Waals surface area contributed by atoms with Crippen molar-refractivity contribution in [3.05, 3.63) is 70.6 Å². The molecule has 2 aromatic carbocycles. The summed E-state index contributed by atoms with van der Waals surface area (Å²) in [7, 11) is 0. The SMILES string of the molecule is CC[C@H](C)c1ccc2oc(-c3cccc(NC(=O)c4ccc(Br)o4)c3)nc2c1. The molecule has 2 aromatic heterocycles. The maximum atomic E-state index is 12.3. The highest BCUT2D eigenvalue weighted by atomic mass is 79.9. The summed E-state index contributed by atoms with van der Waals surface area (Å²) in [6.07, 6.45) is 1.07. The largest absolute Gasteiger partial charge is 0.444 e. The summed E-state index contributed by atoms with van der Waals surface area (Å²) < 4.78 is 11.7. The van der Waals surface area contributed by atoms with Crippen LogP contribution in [0.15, 0.2) is 68.1 Å². The van der Waals surface area contributed by atoms with E-state index in [1.54, 1.807) is 12.1 Å². The summed E-state index contributed by atoms with van der Waals surface area (Å²) in [5.74, 6) is 0.910. The van der Waals surface area contributed by atoms with E-state index >= 15 is 0 Å². The van der Waals surface area contributed by atoms with Crippen LogP contribution in [0.25, 0.3) is 22.6 Å². The highest BCUT2D eigenvalue weighted by molar-refractivity contribution is 9.10. The molecule has 1 amide bonds. The van der Waals surface area contributed by atoms with E-state index < -0.39 is 0 Å². The van der Waals surface area contributed by atoms with Gasteiger partial charge in [0.05, 0.1) is 0 Å². The second-order valence-corrected chi connectivity index (χ2v) is 7.48. The first-order chi connectivity index (χ1) is 13.5. The molecule has 4 rings (SSSR count). The predicted octanol–water partition coefficient (Wildman–Crippen LogP) is 6.62. The van der Waals surface area contributed by atoms with E-state index in [0.29, 0.717) is 22.2 Å². The molecule has 0 aliphatic heterocycles. The number of halogens is 1. The van der Waals surface area contributed by atoms with Crippen molar-refractivity contribution in [2.75, 3.05) is 5.32 Å². The molecule has 0 aliphatic carbocycles. The highest BCUT2D eigenvalue weighted by Crippen LogP contribution is 2.29. The molecule has 0 saturated heterocycles. The van der Waals surface area contributed by atoms with Crippen LogP contribution in [0.1, 0.15) is 42.3 Å². The topological polar surface area (TPSA) is 68.3 Å². The lowest BCUT2D eigenvalue weighted by Crippen LogP contribution is -2.10. The minimum absolute atomic E-state index is 0.233. The fourth-order valence-corrected chi connectivity index (χ4v) is 3.28. The predicted molar refractivity (Wildman–Crippen MR) is 113 cm³/mol. The van der Waals surface area contributed by atoms with Crippen LogP contribution in [0.2, 0.25) is 0 Å². The average molecular weight is 439 g/mol. The minimum atomic E-state index is -0.321. The number of amides is 1. The molecule has 0 saturated carbocycles. The van der Waals surface area contributed by atoms with Crippen molar-refractivity contribution < 1.29 is 13.6 Å². The quantitative estimate of drug-likeness (QED) is 0.380. The number of rotatable bonds is 5. The van der Waals surface area contributed by atoms with Gasteiger partial charge in [0.2, 0.25) is 5.89 Å². The molecular weight excluding hydrogens is 420 g/mol. The number of anilines is 1. The number of carbonyl (C=O) groups is 1. The molecule has 4 aromatic rings. The third-order valence-corrected chi connectivity index (χ3v) is 5.18. The van der Waals surface area contributed by atoms with E-state index in [0.717, 1.165) is 23.1 Å². The van der Waals surface area contributed by atoms with Gasteiger partial charge in [-0.15, -0.1) is 0 Å². The summed E-state index contributed by atoms with van der Waals surface area (Å²) in [6, 6.07) is 16.8. The second-order valence-electron chi connectivity index (χ2n) is 6.69. The first-order valence-electron chi connectivity index (χ1n) is 9.11. The van der Waals surface area contributed by atoms with Gasteiger partial charge in [0.25, 0.3) is 5.91 Å². The molecule has 1 N–H and O–H groups in total. The van der Waals surface area contributed by atoms with Crippen LogP contribution in [0.4, 0.5) is 5.69 Å². The van der Waals surface area contributed by atoms with Crippen molar-refractivity contribution in [2.24, 2.45) is 0 Å². The minimum Gasteiger partial charge on any atom is -0.444 e. The molecule has 5 nitrogen and oxygen atoms in total. The molecule has 2 heterocycles. The van der Waals surface area contributed by atoms with E-state index in [9.17, 15) is 4.79 Å². The number of nitrogens with zero attached hydrogens (tertiary/aromatic N) is 1. The molecule has 6 heteroatoms. The number of oxazole rings is 1. The summed E-state index contributed by atoms with van der Waals surface area (Å²) in [5.41, 5.74) is 4.26. The van der Waals surface area contributed by atoms with Crippen molar-refractivity contribution in [1.29, 1.82) is 0 Å². The third-order valence-electron chi connectivity index (χ3n) is 4.76. The molecule has 0 radical (unpaired) electrons. The summed E-state index contributed by atoms with van der Waals surface area (Å²) >= 11 is 3.20. The van der Waals surface area contributed by atoms with Gasteiger partial charge < -0.3 is 14.2 Å². The van der Waals surface area contributed by atoms with Crippen LogP contribution >= 0.6 is 15.9 Å². The van der Waals surface area contributed by atoms with Gasteiger partial charge >= 0.3 is 0 Å². The summed E-state index contributed by atoms with van der Waals surface area (Å²) in [4.78, 5) is 16.9. The van der Waals surface area contributed by atoms with Gasteiger partial charge in [-0.05, 0) is 76.3 Å². The van der Waals surface area contributed by atoms with Gasteiger partial charge in [0, 0.05) is 11.3 Å². The average Bonchev–Trinajstić information content (AvgIpc) is 3.33. The van der Waals surface area contributed by atoms with Gasteiger partial charge in [0.1, 0.15) is 5.52 Å². The fraction of sp³-hybridized carbons (Fsp3) is 0.182.